The van der Waals surface area contributed by atoms with E-state index in [-0.39, 0.29) is 6.61 Å². The normalized spacial score (nSPS) is 12.3. The van der Waals surface area contributed by atoms with Gasteiger partial charge in [0.2, 0.25) is 0 Å². The minimum Gasteiger partial charge on any atom is -0.480 e. The van der Waals surface area contributed by atoms with E-state index in [1.807, 2.05) is 6.07 Å². The Balaban J connectivity index is 2.77. The van der Waals surface area contributed by atoms with E-state index in [0.29, 0.717) is 5.69 Å². The maximum Gasteiger partial charge on any atom is 0.325 e. The van der Waals surface area contributed by atoms with Gasteiger partial charge in [0.15, 0.2) is 5.92 Å². The molecule has 0 saturated heterocycles. The number of para-hydroxylation sites is 1. The zero-order chi connectivity index (χ0) is 12.7. The highest BCUT2D eigenvalue weighted by Crippen LogP contribution is 2.10. The van der Waals surface area contributed by atoms with E-state index in [0.717, 1.165) is 6.21 Å². The van der Waals surface area contributed by atoms with E-state index in [2.05, 4.69) is 9.73 Å². The van der Waals surface area contributed by atoms with E-state index < -0.39 is 17.9 Å². The number of nitrogens with zero attached hydrogens (tertiary/aromatic N) is 1. The highest BCUT2D eigenvalue weighted by atomic mass is 16.5. The molecule has 1 rings (SSSR count). The smallest absolute Gasteiger partial charge is 0.325 e. The number of esters is 1. The number of carbonyl (C=O) groups is 2. The summed E-state index contributed by atoms with van der Waals surface area (Å²) in [5.74, 6) is -3.45. The molecule has 5 nitrogen and oxygen atoms in total. The zero-order valence-electron chi connectivity index (χ0n) is 9.37. The minimum absolute atomic E-state index is 0.141. The van der Waals surface area contributed by atoms with Crippen LogP contribution < -0.4 is 0 Å². The Morgan fingerprint density at radius 1 is 1.41 bits per heavy atom. The molecule has 1 unspecified atom stereocenters. The summed E-state index contributed by atoms with van der Waals surface area (Å²) in [5.41, 5.74) is 0.586. The predicted octanol–water partition coefficient (Wildman–Crippen LogP) is 1.65. The summed E-state index contributed by atoms with van der Waals surface area (Å²) in [5, 5.41) is 8.86. The van der Waals surface area contributed by atoms with E-state index in [4.69, 9.17) is 5.11 Å². The Bertz CT molecular complexity index is 414. The van der Waals surface area contributed by atoms with Crippen molar-refractivity contribution in [2.75, 3.05) is 6.61 Å². The molecule has 17 heavy (non-hydrogen) atoms. The van der Waals surface area contributed by atoms with Gasteiger partial charge in [-0.3, -0.25) is 14.6 Å². The molecule has 0 radical (unpaired) electrons. The SMILES string of the molecule is CCOC(=O)C(C=Nc1ccccc1)C(=O)O. The quantitative estimate of drug-likeness (QED) is 0.478. The van der Waals surface area contributed by atoms with Gasteiger partial charge in [0.25, 0.3) is 0 Å². The van der Waals surface area contributed by atoms with Gasteiger partial charge >= 0.3 is 11.9 Å². The van der Waals surface area contributed by atoms with Crippen molar-refractivity contribution < 1.29 is 19.4 Å². The molecule has 0 aromatic heterocycles. The topological polar surface area (TPSA) is 76.0 Å². The van der Waals surface area contributed by atoms with Gasteiger partial charge in [-0.2, -0.15) is 0 Å². The number of aliphatic imine (C=N–C) groups is 1. The largest absolute Gasteiger partial charge is 0.480 e. The third-order valence-electron chi connectivity index (χ3n) is 1.94. The van der Waals surface area contributed by atoms with Gasteiger partial charge in [-0.15, -0.1) is 0 Å². The molecule has 90 valence electrons. The van der Waals surface area contributed by atoms with Crippen LogP contribution in [0.4, 0.5) is 5.69 Å². The Morgan fingerprint density at radius 3 is 2.59 bits per heavy atom. The van der Waals surface area contributed by atoms with Crippen LogP contribution in [-0.4, -0.2) is 29.9 Å². The van der Waals surface area contributed by atoms with Crippen molar-refractivity contribution >= 4 is 23.8 Å². The first-order chi connectivity index (χ1) is 8.15. The molecule has 5 heteroatoms. The van der Waals surface area contributed by atoms with Crippen molar-refractivity contribution in [1.82, 2.24) is 0 Å². The van der Waals surface area contributed by atoms with Crippen LogP contribution in [0.5, 0.6) is 0 Å². The summed E-state index contributed by atoms with van der Waals surface area (Å²) in [6.07, 6.45) is 1.08. The van der Waals surface area contributed by atoms with Crippen molar-refractivity contribution in [3.8, 4) is 0 Å². The van der Waals surface area contributed by atoms with Crippen LogP contribution >= 0.6 is 0 Å². The summed E-state index contributed by atoms with van der Waals surface area (Å²) in [6, 6.07) is 8.78. The second-order valence-corrected chi connectivity index (χ2v) is 3.18. The lowest BCUT2D eigenvalue weighted by Crippen LogP contribution is -2.27. The molecule has 0 aliphatic rings. The highest BCUT2D eigenvalue weighted by molar-refractivity contribution is 6.08. The Kier molecular flexibility index (Phi) is 4.87. The second kappa shape index (κ2) is 6.42. The number of benzene rings is 1. The molecule has 0 amide bonds. The van der Waals surface area contributed by atoms with Crippen LogP contribution in [-0.2, 0) is 14.3 Å². The van der Waals surface area contributed by atoms with Gasteiger partial charge in [-0.05, 0) is 19.1 Å². The number of carboxylic acids is 1. The van der Waals surface area contributed by atoms with Crippen LogP contribution in [0.3, 0.4) is 0 Å². The highest BCUT2D eigenvalue weighted by Gasteiger charge is 2.25. The zero-order valence-corrected chi connectivity index (χ0v) is 9.37. The monoisotopic (exact) mass is 235 g/mol. The number of carbonyl (C=O) groups excluding carboxylic acids is 1. The molecule has 0 saturated carbocycles. The summed E-state index contributed by atoms with van der Waals surface area (Å²) in [6.45, 7) is 1.76. The van der Waals surface area contributed by atoms with E-state index in [1.54, 1.807) is 31.2 Å². The van der Waals surface area contributed by atoms with E-state index >= 15 is 0 Å². The minimum atomic E-state index is -1.37. The van der Waals surface area contributed by atoms with E-state index in [1.165, 1.54) is 0 Å². The first-order valence-corrected chi connectivity index (χ1v) is 5.13. The third-order valence-corrected chi connectivity index (χ3v) is 1.94. The number of rotatable bonds is 5. The maximum atomic E-state index is 11.3. The Hall–Kier alpha value is -2.17. The molecule has 0 aliphatic heterocycles. The summed E-state index contributed by atoms with van der Waals surface area (Å²) >= 11 is 0. The number of carboxylic acid groups (broad SMARTS) is 1. The lowest BCUT2D eigenvalue weighted by Gasteiger charge is -2.05. The fourth-order valence-corrected chi connectivity index (χ4v) is 1.13. The standard InChI is InChI=1S/C12H13NO4/c1-2-17-12(16)10(11(14)15)8-13-9-6-4-3-5-7-9/h3-8,10H,2H2,1H3,(H,14,15). The van der Waals surface area contributed by atoms with Gasteiger partial charge in [-0.1, -0.05) is 18.2 Å². The maximum absolute atomic E-state index is 11.3. The van der Waals surface area contributed by atoms with Crippen molar-refractivity contribution in [3.05, 3.63) is 30.3 Å². The van der Waals surface area contributed by atoms with Crippen LogP contribution in [0.15, 0.2) is 35.3 Å². The second-order valence-electron chi connectivity index (χ2n) is 3.18. The van der Waals surface area contributed by atoms with Crippen molar-refractivity contribution in [2.24, 2.45) is 10.9 Å². The summed E-state index contributed by atoms with van der Waals surface area (Å²) < 4.78 is 4.64. The van der Waals surface area contributed by atoms with E-state index in [9.17, 15) is 9.59 Å². The van der Waals surface area contributed by atoms with Gasteiger partial charge < -0.3 is 9.84 Å². The molecule has 1 aromatic rings. The lowest BCUT2D eigenvalue weighted by atomic mass is 10.2. The van der Waals surface area contributed by atoms with Crippen molar-refractivity contribution in [3.63, 3.8) is 0 Å². The van der Waals surface area contributed by atoms with Crippen molar-refractivity contribution in [1.29, 1.82) is 0 Å². The molecule has 0 heterocycles. The first-order valence-electron chi connectivity index (χ1n) is 5.13. The van der Waals surface area contributed by atoms with Crippen LogP contribution in [0.25, 0.3) is 0 Å². The summed E-state index contributed by atoms with van der Waals surface area (Å²) in [7, 11) is 0. The van der Waals surface area contributed by atoms with Crippen LogP contribution in [0.2, 0.25) is 0 Å². The molecule has 0 bridgehead atoms. The average molecular weight is 235 g/mol. The first kappa shape index (κ1) is 12.9. The Labute approximate surface area is 98.7 Å². The molecular weight excluding hydrogens is 222 g/mol. The number of ether oxygens (including phenoxy) is 1. The molecule has 1 N–H and O–H groups in total. The average Bonchev–Trinajstić information content (AvgIpc) is 2.30. The summed E-state index contributed by atoms with van der Waals surface area (Å²) in [4.78, 5) is 26.1. The lowest BCUT2D eigenvalue weighted by molar-refractivity contribution is -0.154. The van der Waals surface area contributed by atoms with Crippen LogP contribution in [0, 0.1) is 5.92 Å². The predicted molar refractivity (Wildman–Crippen MR) is 62.4 cm³/mol. The van der Waals surface area contributed by atoms with Crippen LogP contribution in [0.1, 0.15) is 6.92 Å². The van der Waals surface area contributed by atoms with Gasteiger partial charge in [0.05, 0.1) is 12.3 Å². The van der Waals surface area contributed by atoms with Gasteiger partial charge in [-0.25, -0.2) is 0 Å². The molecule has 1 atom stereocenters. The number of hydrogen-bond acceptors (Lipinski definition) is 4. The fourth-order valence-electron chi connectivity index (χ4n) is 1.13. The molecule has 1 aromatic carbocycles. The Morgan fingerprint density at radius 2 is 2.06 bits per heavy atom. The molecular formula is C12H13NO4. The molecule has 0 fully saturated rings. The third kappa shape index (κ3) is 4.06. The number of hydrogen-bond donors (Lipinski definition) is 1. The van der Waals surface area contributed by atoms with Crippen molar-refractivity contribution in [2.45, 2.75) is 6.92 Å². The number of aliphatic carboxylic acids is 1. The van der Waals surface area contributed by atoms with Gasteiger partial charge in [0.1, 0.15) is 0 Å². The molecule has 0 aliphatic carbocycles. The van der Waals surface area contributed by atoms with Gasteiger partial charge in [0, 0.05) is 6.21 Å². The molecule has 0 spiro atoms. The fraction of sp³-hybridized carbons (Fsp3) is 0.250.